The van der Waals surface area contributed by atoms with Crippen molar-refractivity contribution in [3.8, 4) is 11.5 Å². The quantitative estimate of drug-likeness (QED) is 0.501. The Morgan fingerprint density at radius 3 is 2.91 bits per heavy atom. The molecule has 0 saturated carbocycles. The maximum Gasteiger partial charge on any atom is 0.586 e. The molecule has 4 heterocycles. The zero-order chi connectivity index (χ0) is 23.0. The Balaban J connectivity index is 1.22. The molecule has 6 nitrogen and oxygen atoms in total. The number of para-hydroxylation sites is 1. The molecule has 0 bridgehead atoms. The van der Waals surface area contributed by atoms with E-state index >= 15 is 0 Å². The molecule has 2 aliphatic heterocycles. The topological polar surface area (TPSA) is 59.5 Å². The van der Waals surface area contributed by atoms with E-state index in [1.807, 2.05) is 5.38 Å². The van der Waals surface area contributed by atoms with Crippen molar-refractivity contribution < 1.29 is 22.6 Å². The standard InChI is InChI=1S/C23H23F3N4O2S/c1-14-11-15(12-18-17(24)5-6-20(28-18)29-22-27-8-10-33-22)7-9-30(14)13-16-3-2-4-19-21(16)32-23(25,26)31-19/h2-6,8,10,14-15H,7,9,11-13H2,1H3,(H,27,28,29). The van der Waals surface area contributed by atoms with Gasteiger partial charge in [0, 0.05) is 29.7 Å². The Labute approximate surface area is 193 Å². The number of rotatable bonds is 6. The molecular formula is C23H23F3N4O2S. The van der Waals surface area contributed by atoms with Crippen LogP contribution in [0.2, 0.25) is 0 Å². The molecule has 0 spiro atoms. The fourth-order valence-corrected chi connectivity index (χ4v) is 5.01. The first kappa shape index (κ1) is 22.0. The number of nitrogens with zero attached hydrogens (tertiary/aromatic N) is 3. The third-order valence-corrected chi connectivity index (χ3v) is 6.76. The summed E-state index contributed by atoms with van der Waals surface area (Å²) in [5.74, 6) is 0.704. The molecule has 0 amide bonds. The fourth-order valence-electron chi connectivity index (χ4n) is 4.47. The van der Waals surface area contributed by atoms with Gasteiger partial charge in [0.15, 0.2) is 16.6 Å². The third kappa shape index (κ3) is 4.91. The highest BCUT2D eigenvalue weighted by molar-refractivity contribution is 7.13. The van der Waals surface area contributed by atoms with Crippen LogP contribution in [0.1, 0.15) is 31.0 Å². The van der Waals surface area contributed by atoms with Gasteiger partial charge in [-0.2, -0.15) is 0 Å². The Morgan fingerprint density at radius 2 is 2.12 bits per heavy atom. The largest absolute Gasteiger partial charge is 0.586 e. The van der Waals surface area contributed by atoms with Crippen LogP contribution in [-0.2, 0) is 13.0 Å². The summed E-state index contributed by atoms with van der Waals surface area (Å²) in [4.78, 5) is 10.9. The van der Waals surface area contributed by atoms with Crippen molar-refractivity contribution >= 4 is 22.3 Å². The van der Waals surface area contributed by atoms with Gasteiger partial charge in [0.25, 0.3) is 0 Å². The number of aromatic nitrogens is 2. The number of thiazole rings is 1. The van der Waals surface area contributed by atoms with Crippen molar-refractivity contribution in [2.24, 2.45) is 5.92 Å². The van der Waals surface area contributed by atoms with Gasteiger partial charge in [-0.25, -0.2) is 14.4 Å². The van der Waals surface area contributed by atoms with Crippen LogP contribution in [0, 0.1) is 11.7 Å². The molecular weight excluding hydrogens is 453 g/mol. The Morgan fingerprint density at radius 1 is 1.24 bits per heavy atom. The molecule has 3 aromatic rings. The third-order valence-electron chi connectivity index (χ3n) is 6.07. The summed E-state index contributed by atoms with van der Waals surface area (Å²) in [5.41, 5.74) is 1.11. The van der Waals surface area contributed by atoms with Gasteiger partial charge in [0.2, 0.25) is 0 Å². The first-order valence-corrected chi connectivity index (χ1v) is 11.7. The summed E-state index contributed by atoms with van der Waals surface area (Å²) in [5, 5.41) is 5.67. The number of piperidine rings is 1. The number of ether oxygens (including phenoxy) is 2. The highest BCUT2D eigenvalue weighted by Gasteiger charge is 2.44. The Kier molecular flexibility index (Phi) is 5.88. The number of nitrogens with one attached hydrogen (secondary N) is 1. The van der Waals surface area contributed by atoms with Crippen LogP contribution in [0.15, 0.2) is 41.9 Å². The number of fused-ring (bicyclic) bond motifs is 1. The smallest absolute Gasteiger partial charge is 0.395 e. The van der Waals surface area contributed by atoms with Crippen molar-refractivity contribution in [3.05, 3.63) is 59.0 Å². The average Bonchev–Trinajstić information content (AvgIpc) is 3.39. The number of pyridine rings is 1. The molecule has 1 N–H and O–H groups in total. The lowest BCUT2D eigenvalue weighted by molar-refractivity contribution is -0.287. The predicted molar refractivity (Wildman–Crippen MR) is 119 cm³/mol. The van der Waals surface area contributed by atoms with Gasteiger partial charge in [-0.15, -0.1) is 20.1 Å². The van der Waals surface area contributed by atoms with Gasteiger partial charge >= 0.3 is 6.29 Å². The predicted octanol–water partition coefficient (Wildman–Crippen LogP) is 5.59. The molecule has 1 aromatic carbocycles. The van der Waals surface area contributed by atoms with Gasteiger partial charge in [-0.1, -0.05) is 12.1 Å². The second-order valence-corrected chi connectivity index (χ2v) is 9.31. The van der Waals surface area contributed by atoms with Gasteiger partial charge in [-0.05, 0) is 56.8 Å². The zero-order valence-corrected chi connectivity index (χ0v) is 18.7. The Bertz CT molecular complexity index is 1130. The van der Waals surface area contributed by atoms with E-state index in [-0.39, 0.29) is 29.3 Å². The maximum absolute atomic E-state index is 14.5. The van der Waals surface area contributed by atoms with E-state index in [9.17, 15) is 13.2 Å². The van der Waals surface area contributed by atoms with Crippen LogP contribution >= 0.6 is 11.3 Å². The molecule has 5 rings (SSSR count). The highest BCUT2D eigenvalue weighted by Crippen LogP contribution is 2.44. The molecule has 10 heteroatoms. The van der Waals surface area contributed by atoms with Crippen LogP contribution in [0.3, 0.4) is 0 Å². The van der Waals surface area contributed by atoms with E-state index in [4.69, 9.17) is 4.74 Å². The molecule has 1 saturated heterocycles. The fraction of sp³-hybridized carbons (Fsp3) is 0.391. The van der Waals surface area contributed by atoms with Crippen LogP contribution in [0.4, 0.5) is 24.1 Å². The van der Waals surface area contributed by atoms with E-state index in [1.165, 1.54) is 23.5 Å². The molecule has 2 unspecified atom stereocenters. The number of alkyl halides is 2. The SMILES string of the molecule is CC1CC(Cc2nc(Nc3nccs3)ccc2F)CCN1Cc1cccc2c1OC(F)(F)O2. The lowest BCUT2D eigenvalue weighted by atomic mass is 9.87. The van der Waals surface area contributed by atoms with E-state index in [2.05, 4.69) is 31.8 Å². The minimum Gasteiger partial charge on any atom is -0.395 e. The van der Waals surface area contributed by atoms with Crippen LogP contribution < -0.4 is 14.8 Å². The Hall–Kier alpha value is -2.85. The summed E-state index contributed by atoms with van der Waals surface area (Å²) >= 11 is 1.45. The number of likely N-dealkylation sites (tertiary alicyclic amines) is 1. The van der Waals surface area contributed by atoms with Gasteiger partial charge < -0.3 is 14.8 Å². The first-order valence-electron chi connectivity index (χ1n) is 10.8. The average molecular weight is 477 g/mol. The molecule has 174 valence electrons. The number of benzene rings is 1. The molecule has 0 radical (unpaired) electrons. The van der Waals surface area contributed by atoms with Crippen molar-refractivity contribution in [3.63, 3.8) is 0 Å². The maximum atomic E-state index is 14.5. The van der Waals surface area contributed by atoms with Gasteiger partial charge in [0.05, 0.1) is 5.69 Å². The molecule has 33 heavy (non-hydrogen) atoms. The van der Waals surface area contributed by atoms with Crippen molar-refractivity contribution in [2.45, 2.75) is 45.1 Å². The number of anilines is 2. The second-order valence-electron chi connectivity index (χ2n) is 8.41. The van der Waals surface area contributed by atoms with E-state index in [1.54, 1.807) is 24.4 Å². The molecule has 2 atom stereocenters. The van der Waals surface area contributed by atoms with E-state index in [0.717, 1.165) is 19.4 Å². The summed E-state index contributed by atoms with van der Waals surface area (Å²) in [6.45, 7) is 3.35. The minimum absolute atomic E-state index is 0.0628. The van der Waals surface area contributed by atoms with Crippen molar-refractivity contribution in [1.82, 2.24) is 14.9 Å². The van der Waals surface area contributed by atoms with E-state index < -0.39 is 6.29 Å². The van der Waals surface area contributed by atoms with Crippen molar-refractivity contribution in [1.29, 1.82) is 0 Å². The molecule has 2 aromatic heterocycles. The lowest BCUT2D eigenvalue weighted by Gasteiger charge is -2.37. The monoisotopic (exact) mass is 476 g/mol. The van der Waals surface area contributed by atoms with E-state index in [0.29, 0.717) is 35.2 Å². The number of hydrogen-bond acceptors (Lipinski definition) is 7. The first-order chi connectivity index (χ1) is 15.9. The summed E-state index contributed by atoms with van der Waals surface area (Å²) in [7, 11) is 0. The van der Waals surface area contributed by atoms with Crippen molar-refractivity contribution in [2.75, 3.05) is 11.9 Å². The zero-order valence-electron chi connectivity index (χ0n) is 17.9. The normalized spacial score (nSPS) is 21.8. The molecule has 2 aliphatic rings. The van der Waals surface area contributed by atoms with Crippen LogP contribution in [0.5, 0.6) is 11.5 Å². The lowest BCUT2D eigenvalue weighted by Crippen LogP contribution is -2.40. The number of halogens is 3. The second kappa shape index (κ2) is 8.83. The summed E-state index contributed by atoms with van der Waals surface area (Å²) in [6, 6.07) is 8.19. The van der Waals surface area contributed by atoms with Crippen LogP contribution in [0.25, 0.3) is 0 Å². The molecule has 0 aliphatic carbocycles. The summed E-state index contributed by atoms with van der Waals surface area (Å²) < 4.78 is 50.7. The number of hydrogen-bond donors (Lipinski definition) is 1. The minimum atomic E-state index is -3.63. The summed E-state index contributed by atoms with van der Waals surface area (Å²) in [6.07, 6.45) is 0.325. The highest BCUT2D eigenvalue weighted by atomic mass is 32.1. The van der Waals surface area contributed by atoms with Crippen LogP contribution in [-0.4, -0.2) is 33.7 Å². The molecule has 1 fully saturated rings. The van der Waals surface area contributed by atoms with Gasteiger partial charge in [-0.3, -0.25) is 4.90 Å². The van der Waals surface area contributed by atoms with Gasteiger partial charge in [0.1, 0.15) is 11.6 Å².